The van der Waals surface area contributed by atoms with Gasteiger partial charge in [-0.25, -0.2) is 0 Å². The molecule has 4 atom stereocenters. The predicted molar refractivity (Wildman–Crippen MR) is 160 cm³/mol. The van der Waals surface area contributed by atoms with Crippen LogP contribution in [0.4, 0.5) is 0 Å². The van der Waals surface area contributed by atoms with Crippen LogP contribution in [0.2, 0.25) is 0 Å². The minimum atomic E-state index is -0.877. The SMILES string of the molecule is CCCCCCCC(=O)CC[C@@H]1[C@@H](C/C=C\CCCC(=O)NCC(=O)OCc2cccc(CO[N+](=O)[O-])c2)[C@@H](O)C[C@H]1O. The smallest absolute Gasteiger partial charge is 0.325 e. The van der Waals surface area contributed by atoms with Crippen molar-refractivity contribution < 1.29 is 39.3 Å². The Morgan fingerprint density at radius 3 is 2.44 bits per heavy atom. The highest BCUT2D eigenvalue weighted by molar-refractivity contribution is 5.81. The fourth-order valence-electron chi connectivity index (χ4n) is 5.45. The number of ketones is 1. The number of esters is 1. The highest BCUT2D eigenvalue weighted by Crippen LogP contribution is 2.38. The van der Waals surface area contributed by atoms with Crippen LogP contribution >= 0.6 is 0 Å². The standard InChI is InChI=1S/C32H48N2O9/c1-2-3-4-5-8-14-26(35)17-18-28-27(29(36)20-30(28)37)15-9-6-7-10-16-31(38)33-21-32(39)42-22-24-12-11-13-25(19-24)23-43-34(40)41/h6,9,11-13,19,27-30,36-37H,2-5,7-8,10,14-18,20-23H2,1H3,(H,33,38)/b9-6-/t27-,28-,29+,30-/m1/s1. The zero-order valence-corrected chi connectivity index (χ0v) is 25.3. The van der Waals surface area contributed by atoms with Gasteiger partial charge in [-0.15, -0.1) is 10.1 Å². The normalized spacial score (nSPS) is 19.8. The van der Waals surface area contributed by atoms with E-state index in [0.717, 1.165) is 19.3 Å². The molecule has 2 rings (SSSR count). The van der Waals surface area contributed by atoms with Gasteiger partial charge in [-0.3, -0.25) is 14.4 Å². The second-order valence-electron chi connectivity index (χ2n) is 11.3. The van der Waals surface area contributed by atoms with Crippen molar-refractivity contribution in [1.82, 2.24) is 5.32 Å². The third-order valence-corrected chi connectivity index (χ3v) is 7.84. The summed E-state index contributed by atoms with van der Waals surface area (Å²) in [5.41, 5.74) is 1.21. The molecule has 3 N–H and O–H groups in total. The van der Waals surface area contributed by atoms with Gasteiger partial charge < -0.3 is 25.1 Å². The lowest BCUT2D eigenvalue weighted by Crippen LogP contribution is -2.30. The van der Waals surface area contributed by atoms with Gasteiger partial charge in [0.1, 0.15) is 25.5 Å². The van der Waals surface area contributed by atoms with Crippen molar-refractivity contribution in [3.63, 3.8) is 0 Å². The van der Waals surface area contributed by atoms with E-state index in [-0.39, 0.29) is 49.7 Å². The number of carbonyl (C=O) groups excluding carboxylic acids is 3. The van der Waals surface area contributed by atoms with Crippen molar-refractivity contribution in [2.45, 2.75) is 116 Å². The van der Waals surface area contributed by atoms with Gasteiger partial charge in [-0.2, -0.15) is 0 Å². The third kappa shape index (κ3) is 15.1. The first-order valence-electron chi connectivity index (χ1n) is 15.5. The Bertz CT molecular complexity index is 1050. The molecule has 1 amide bonds. The number of hydrogen-bond donors (Lipinski definition) is 3. The molecule has 1 saturated carbocycles. The molecular weight excluding hydrogens is 556 g/mol. The Balaban J connectivity index is 1.60. The van der Waals surface area contributed by atoms with Crippen LogP contribution in [0.25, 0.3) is 0 Å². The molecule has 1 aromatic rings. The number of allylic oxidation sites excluding steroid dienone is 2. The van der Waals surface area contributed by atoms with Crippen LogP contribution in [-0.4, -0.2) is 51.7 Å². The maximum Gasteiger partial charge on any atom is 0.325 e. The van der Waals surface area contributed by atoms with Gasteiger partial charge in [0.2, 0.25) is 5.91 Å². The lowest BCUT2D eigenvalue weighted by Gasteiger charge is -2.22. The van der Waals surface area contributed by atoms with Crippen LogP contribution in [0.5, 0.6) is 0 Å². The van der Waals surface area contributed by atoms with Crippen LogP contribution in [0, 0.1) is 22.0 Å². The first kappa shape index (κ1) is 35.9. The Labute approximate surface area is 254 Å². The number of nitrogens with one attached hydrogen (secondary N) is 1. The average Bonchev–Trinajstić information content (AvgIpc) is 3.25. The summed E-state index contributed by atoms with van der Waals surface area (Å²) in [6.45, 7) is 1.67. The van der Waals surface area contributed by atoms with Gasteiger partial charge in [0, 0.05) is 19.3 Å². The largest absolute Gasteiger partial charge is 0.460 e. The number of unbranched alkanes of at least 4 members (excludes halogenated alkanes) is 5. The topological polar surface area (TPSA) is 165 Å². The number of amides is 1. The molecule has 1 aliphatic rings. The van der Waals surface area contributed by atoms with E-state index in [1.165, 1.54) is 12.8 Å². The Kier molecular flexibility index (Phi) is 17.2. The molecule has 0 aromatic heterocycles. The van der Waals surface area contributed by atoms with Crippen molar-refractivity contribution in [2.24, 2.45) is 11.8 Å². The minimum Gasteiger partial charge on any atom is -0.460 e. The summed E-state index contributed by atoms with van der Waals surface area (Å²) >= 11 is 0. The first-order chi connectivity index (χ1) is 20.7. The number of aliphatic hydroxyl groups excluding tert-OH is 2. The Hall–Kier alpha value is -3.31. The summed E-state index contributed by atoms with van der Waals surface area (Å²) in [5.74, 6) is -0.816. The predicted octanol–water partition coefficient (Wildman–Crippen LogP) is 4.74. The number of Topliss-reactive ketones (excluding diaryl/α,β-unsaturated/α-hetero) is 1. The summed E-state index contributed by atoms with van der Waals surface area (Å²) < 4.78 is 5.15. The average molecular weight is 605 g/mol. The van der Waals surface area contributed by atoms with E-state index in [0.29, 0.717) is 56.1 Å². The zero-order chi connectivity index (χ0) is 31.5. The van der Waals surface area contributed by atoms with E-state index in [1.807, 2.05) is 12.2 Å². The van der Waals surface area contributed by atoms with Crippen LogP contribution in [0.15, 0.2) is 36.4 Å². The number of ether oxygens (including phenoxy) is 1. The molecule has 0 unspecified atom stereocenters. The molecule has 0 bridgehead atoms. The van der Waals surface area contributed by atoms with E-state index >= 15 is 0 Å². The van der Waals surface area contributed by atoms with Gasteiger partial charge in [0.25, 0.3) is 5.09 Å². The van der Waals surface area contributed by atoms with E-state index in [9.17, 15) is 34.7 Å². The number of nitrogens with zero attached hydrogens (tertiary/aromatic N) is 1. The molecule has 1 aliphatic carbocycles. The molecule has 0 heterocycles. The number of aliphatic hydroxyl groups is 2. The van der Waals surface area contributed by atoms with Crippen LogP contribution in [0.1, 0.15) is 102 Å². The highest BCUT2D eigenvalue weighted by atomic mass is 16.9. The molecule has 11 heteroatoms. The quantitative estimate of drug-likeness (QED) is 0.0557. The molecule has 43 heavy (non-hydrogen) atoms. The number of rotatable bonds is 22. The number of benzene rings is 1. The highest BCUT2D eigenvalue weighted by Gasteiger charge is 2.40. The fourth-order valence-corrected chi connectivity index (χ4v) is 5.45. The van der Waals surface area contributed by atoms with Gasteiger partial charge >= 0.3 is 5.97 Å². The molecule has 0 radical (unpaired) electrons. The number of carbonyl (C=O) groups is 3. The van der Waals surface area contributed by atoms with Crippen LogP contribution < -0.4 is 5.32 Å². The summed E-state index contributed by atoms with van der Waals surface area (Å²) in [6.07, 6.45) is 12.3. The van der Waals surface area contributed by atoms with Crippen LogP contribution in [0.3, 0.4) is 0 Å². The monoisotopic (exact) mass is 604 g/mol. The molecule has 240 valence electrons. The molecule has 11 nitrogen and oxygen atoms in total. The maximum absolute atomic E-state index is 12.3. The summed E-state index contributed by atoms with van der Waals surface area (Å²) in [7, 11) is 0. The van der Waals surface area contributed by atoms with Crippen molar-refractivity contribution in [2.75, 3.05) is 6.54 Å². The Morgan fingerprint density at radius 1 is 0.977 bits per heavy atom. The zero-order valence-electron chi connectivity index (χ0n) is 25.3. The lowest BCUT2D eigenvalue weighted by atomic mass is 9.86. The third-order valence-electron chi connectivity index (χ3n) is 7.84. The second kappa shape index (κ2) is 20.6. The van der Waals surface area contributed by atoms with E-state index in [2.05, 4.69) is 17.1 Å². The first-order valence-corrected chi connectivity index (χ1v) is 15.5. The van der Waals surface area contributed by atoms with Gasteiger partial charge in [-0.1, -0.05) is 69.0 Å². The van der Waals surface area contributed by atoms with E-state index < -0.39 is 23.3 Å². The van der Waals surface area contributed by atoms with Crippen molar-refractivity contribution in [1.29, 1.82) is 0 Å². The minimum absolute atomic E-state index is 0.0329. The summed E-state index contributed by atoms with van der Waals surface area (Å²) in [4.78, 5) is 51.0. The van der Waals surface area contributed by atoms with E-state index in [4.69, 9.17) is 4.74 Å². The van der Waals surface area contributed by atoms with Crippen molar-refractivity contribution >= 4 is 17.7 Å². The molecule has 1 aromatic carbocycles. The van der Waals surface area contributed by atoms with Crippen molar-refractivity contribution in [3.05, 3.63) is 57.7 Å². The molecular formula is C32H48N2O9. The second-order valence-corrected chi connectivity index (χ2v) is 11.3. The van der Waals surface area contributed by atoms with Crippen LogP contribution in [-0.2, 0) is 37.2 Å². The fraction of sp³-hybridized carbons (Fsp3) is 0.656. The molecule has 0 aliphatic heterocycles. The Morgan fingerprint density at radius 2 is 1.70 bits per heavy atom. The van der Waals surface area contributed by atoms with E-state index in [1.54, 1.807) is 24.3 Å². The van der Waals surface area contributed by atoms with Gasteiger partial charge in [-0.05, 0) is 61.5 Å². The summed E-state index contributed by atoms with van der Waals surface area (Å²) in [5, 5.41) is 32.9. The molecule has 0 spiro atoms. The lowest BCUT2D eigenvalue weighted by molar-refractivity contribution is -0.763. The van der Waals surface area contributed by atoms with Gasteiger partial charge in [0.05, 0.1) is 12.2 Å². The maximum atomic E-state index is 12.3. The molecule has 0 saturated heterocycles. The molecule has 1 fully saturated rings. The summed E-state index contributed by atoms with van der Waals surface area (Å²) in [6, 6.07) is 6.68. The number of hydrogen-bond acceptors (Lipinski definition) is 9. The van der Waals surface area contributed by atoms with Gasteiger partial charge in [0.15, 0.2) is 0 Å². The van der Waals surface area contributed by atoms with Crippen molar-refractivity contribution in [3.8, 4) is 0 Å².